The normalized spacial score (nSPS) is 16.0. The third kappa shape index (κ3) is 7.80. The molecule has 1 aromatic rings. The van der Waals surface area contributed by atoms with Gasteiger partial charge in [-0.05, 0) is 37.8 Å². The summed E-state index contributed by atoms with van der Waals surface area (Å²) in [5.74, 6) is 0.999. The van der Waals surface area contributed by atoms with Crippen LogP contribution in [0.15, 0.2) is 17.1 Å². The maximum absolute atomic E-state index is 5.93. The summed E-state index contributed by atoms with van der Waals surface area (Å²) in [5, 5.41) is 3.50. The van der Waals surface area contributed by atoms with E-state index in [1.165, 1.54) is 9.75 Å². The lowest BCUT2D eigenvalue weighted by molar-refractivity contribution is 0.00990. The molecule has 1 aromatic heterocycles. The molecule has 0 saturated carbocycles. The maximum atomic E-state index is 5.93. The Morgan fingerprint density at radius 1 is 1.28 bits per heavy atom. The quantitative estimate of drug-likeness (QED) is 0.267. The molecule has 0 bridgehead atoms. The highest BCUT2D eigenvalue weighted by Crippen LogP contribution is 2.17. The molecule has 25 heavy (non-hydrogen) atoms. The Morgan fingerprint density at radius 3 is 2.60 bits per heavy atom. The third-order valence-corrected chi connectivity index (χ3v) is 5.52. The van der Waals surface area contributed by atoms with Gasteiger partial charge in [-0.1, -0.05) is 6.92 Å². The fourth-order valence-electron chi connectivity index (χ4n) is 2.89. The zero-order chi connectivity index (χ0) is 17.2. The predicted molar refractivity (Wildman–Crippen MR) is 116 cm³/mol. The van der Waals surface area contributed by atoms with Crippen LogP contribution in [0.1, 0.15) is 35.9 Å². The lowest BCUT2D eigenvalue weighted by atomic mass is 10.1. The van der Waals surface area contributed by atoms with Gasteiger partial charge in [0, 0.05) is 50.2 Å². The number of ether oxygens (including phenoxy) is 2. The molecular formula is C18H32IN3O2S. The molecule has 7 heteroatoms. The summed E-state index contributed by atoms with van der Waals surface area (Å²) in [6.45, 7) is 6.62. The van der Waals surface area contributed by atoms with Crippen molar-refractivity contribution >= 4 is 41.3 Å². The van der Waals surface area contributed by atoms with E-state index in [1.807, 2.05) is 18.4 Å². The third-order valence-electron chi connectivity index (χ3n) is 4.29. The summed E-state index contributed by atoms with van der Waals surface area (Å²) in [6.07, 6.45) is 4.58. The maximum Gasteiger partial charge on any atom is 0.193 e. The first-order chi connectivity index (χ1) is 11.8. The van der Waals surface area contributed by atoms with Gasteiger partial charge in [-0.3, -0.25) is 4.99 Å². The molecule has 0 unspecified atom stereocenters. The van der Waals surface area contributed by atoms with Crippen LogP contribution >= 0.6 is 35.3 Å². The van der Waals surface area contributed by atoms with Crippen molar-refractivity contribution in [3.8, 4) is 0 Å². The topological polar surface area (TPSA) is 46.1 Å². The molecular weight excluding hydrogens is 449 g/mol. The molecule has 0 radical (unpaired) electrons. The molecule has 1 fully saturated rings. The van der Waals surface area contributed by atoms with E-state index in [9.17, 15) is 0 Å². The van der Waals surface area contributed by atoms with E-state index in [2.05, 4.69) is 34.3 Å². The van der Waals surface area contributed by atoms with Crippen LogP contribution in [0.2, 0.25) is 0 Å². The monoisotopic (exact) mass is 481 g/mol. The first-order valence-corrected chi connectivity index (χ1v) is 9.72. The van der Waals surface area contributed by atoms with E-state index in [-0.39, 0.29) is 24.0 Å². The molecule has 1 N–H and O–H groups in total. The number of thiophene rings is 1. The van der Waals surface area contributed by atoms with E-state index < -0.39 is 0 Å². The van der Waals surface area contributed by atoms with Crippen molar-refractivity contribution < 1.29 is 9.47 Å². The molecule has 2 rings (SSSR count). The Balaban J connectivity index is 0.00000312. The molecule has 144 valence electrons. The number of rotatable bonds is 8. The molecule has 0 aliphatic carbocycles. The summed E-state index contributed by atoms with van der Waals surface area (Å²) in [7, 11) is 3.60. The highest BCUT2D eigenvalue weighted by Gasteiger charge is 2.21. The Bertz CT molecular complexity index is 502. The standard InChI is InChI=1S/C18H31N3O2S.HI/c1-4-16-6-7-17(24-16)14-20-18(19-2)21-10-8-15(9-11-21)23-13-5-12-22-3;/h6-7,15H,4-5,8-14H2,1-3H3,(H,19,20);1H. The molecule has 1 saturated heterocycles. The molecule has 0 aromatic carbocycles. The second kappa shape index (κ2) is 12.9. The number of nitrogens with zero attached hydrogens (tertiary/aromatic N) is 2. The number of likely N-dealkylation sites (tertiary alicyclic amines) is 1. The lowest BCUT2D eigenvalue weighted by Gasteiger charge is -2.34. The van der Waals surface area contributed by atoms with E-state index in [0.717, 1.165) is 64.5 Å². The van der Waals surface area contributed by atoms with Crippen LogP contribution in [-0.2, 0) is 22.4 Å². The van der Waals surface area contributed by atoms with Gasteiger partial charge in [-0.25, -0.2) is 0 Å². The predicted octanol–water partition coefficient (Wildman–Crippen LogP) is 3.52. The second-order valence-corrected chi connectivity index (χ2v) is 7.28. The van der Waals surface area contributed by atoms with Crippen LogP contribution in [0.4, 0.5) is 0 Å². The smallest absolute Gasteiger partial charge is 0.193 e. The van der Waals surface area contributed by atoms with Gasteiger partial charge in [0.25, 0.3) is 0 Å². The fourth-order valence-corrected chi connectivity index (χ4v) is 3.79. The van der Waals surface area contributed by atoms with Gasteiger partial charge >= 0.3 is 0 Å². The minimum atomic E-state index is 0. The zero-order valence-corrected chi connectivity index (χ0v) is 18.8. The van der Waals surface area contributed by atoms with E-state index in [0.29, 0.717) is 6.10 Å². The summed E-state index contributed by atoms with van der Waals surface area (Å²) in [4.78, 5) is 9.58. The van der Waals surface area contributed by atoms with Crippen molar-refractivity contribution in [1.82, 2.24) is 10.2 Å². The van der Waals surface area contributed by atoms with Crippen LogP contribution in [0.25, 0.3) is 0 Å². The molecule has 0 amide bonds. The number of guanidine groups is 1. The van der Waals surface area contributed by atoms with Gasteiger partial charge < -0.3 is 19.7 Å². The minimum Gasteiger partial charge on any atom is -0.385 e. The number of piperidine rings is 1. The van der Waals surface area contributed by atoms with Crippen molar-refractivity contribution in [2.45, 2.75) is 45.3 Å². The highest BCUT2D eigenvalue weighted by molar-refractivity contribution is 14.0. The van der Waals surface area contributed by atoms with Crippen LogP contribution in [0.5, 0.6) is 0 Å². The Hall–Kier alpha value is -0.380. The molecule has 1 aliphatic heterocycles. The first-order valence-electron chi connectivity index (χ1n) is 8.90. The highest BCUT2D eigenvalue weighted by atomic mass is 127. The van der Waals surface area contributed by atoms with E-state index in [4.69, 9.17) is 9.47 Å². The number of methoxy groups -OCH3 is 1. The Kier molecular flexibility index (Phi) is 11.7. The number of nitrogens with one attached hydrogen (secondary N) is 1. The van der Waals surface area contributed by atoms with Crippen LogP contribution in [0, 0.1) is 0 Å². The summed E-state index contributed by atoms with van der Waals surface area (Å²) < 4.78 is 11.0. The molecule has 5 nitrogen and oxygen atoms in total. The van der Waals surface area contributed by atoms with Gasteiger partial charge in [0.2, 0.25) is 0 Å². The molecule has 1 aliphatic rings. The number of aryl methyl sites for hydroxylation is 1. The largest absolute Gasteiger partial charge is 0.385 e. The van der Waals surface area contributed by atoms with Gasteiger partial charge in [0.1, 0.15) is 0 Å². The van der Waals surface area contributed by atoms with Gasteiger partial charge in [-0.2, -0.15) is 0 Å². The van der Waals surface area contributed by atoms with E-state index >= 15 is 0 Å². The second-order valence-electron chi connectivity index (χ2n) is 6.03. The summed E-state index contributed by atoms with van der Waals surface area (Å²) in [5.41, 5.74) is 0. The van der Waals surface area contributed by atoms with Crippen molar-refractivity contribution in [3.63, 3.8) is 0 Å². The average molecular weight is 481 g/mol. The van der Waals surface area contributed by atoms with Crippen molar-refractivity contribution in [2.24, 2.45) is 4.99 Å². The summed E-state index contributed by atoms with van der Waals surface area (Å²) >= 11 is 1.88. The molecule has 2 heterocycles. The van der Waals surface area contributed by atoms with Crippen molar-refractivity contribution in [2.75, 3.05) is 40.5 Å². The number of aliphatic imine (C=N–C) groups is 1. The number of halogens is 1. The van der Waals surface area contributed by atoms with Gasteiger partial charge in [-0.15, -0.1) is 35.3 Å². The van der Waals surface area contributed by atoms with Crippen molar-refractivity contribution in [3.05, 3.63) is 21.9 Å². The summed E-state index contributed by atoms with van der Waals surface area (Å²) in [6, 6.07) is 4.43. The lowest BCUT2D eigenvalue weighted by Crippen LogP contribution is -2.46. The Labute approximate surface area is 173 Å². The number of hydrogen-bond acceptors (Lipinski definition) is 4. The van der Waals surface area contributed by atoms with Crippen LogP contribution in [0.3, 0.4) is 0 Å². The van der Waals surface area contributed by atoms with Crippen LogP contribution in [-0.4, -0.2) is 57.4 Å². The van der Waals surface area contributed by atoms with E-state index in [1.54, 1.807) is 7.11 Å². The van der Waals surface area contributed by atoms with Crippen molar-refractivity contribution in [1.29, 1.82) is 0 Å². The molecule has 0 atom stereocenters. The SMILES string of the molecule is CCc1ccc(CNC(=NC)N2CCC(OCCCOC)CC2)s1.I. The van der Waals surface area contributed by atoms with Gasteiger partial charge in [0.15, 0.2) is 5.96 Å². The first kappa shape index (κ1) is 22.7. The molecule has 0 spiro atoms. The average Bonchev–Trinajstić information content (AvgIpc) is 3.08. The van der Waals surface area contributed by atoms with Gasteiger partial charge in [0.05, 0.1) is 12.6 Å². The fraction of sp³-hybridized carbons (Fsp3) is 0.722. The minimum absolute atomic E-state index is 0. The van der Waals surface area contributed by atoms with Crippen LogP contribution < -0.4 is 5.32 Å². The zero-order valence-electron chi connectivity index (χ0n) is 15.6. The number of hydrogen-bond donors (Lipinski definition) is 1. The Morgan fingerprint density at radius 2 is 2.00 bits per heavy atom.